The third-order valence-electron chi connectivity index (χ3n) is 3.22. The van der Waals surface area contributed by atoms with Crippen LogP contribution in [0.3, 0.4) is 0 Å². The molecule has 0 saturated carbocycles. The Balaban J connectivity index is 2.17. The first-order valence-electron chi connectivity index (χ1n) is 6.68. The van der Waals surface area contributed by atoms with Crippen molar-refractivity contribution in [3.05, 3.63) is 23.4 Å². The number of hydrogen-bond acceptors (Lipinski definition) is 4. The Morgan fingerprint density at radius 2 is 2.26 bits per heavy atom. The SMILES string of the molecule is CNc1cc(C(=O)NC2CCOC2)cc(C(C)C)n1. The molecule has 1 aliphatic rings. The van der Waals surface area contributed by atoms with Gasteiger partial charge in [-0.25, -0.2) is 4.98 Å². The van der Waals surface area contributed by atoms with Gasteiger partial charge in [0.25, 0.3) is 5.91 Å². The number of nitrogens with one attached hydrogen (secondary N) is 2. The van der Waals surface area contributed by atoms with E-state index in [1.54, 1.807) is 13.1 Å². The van der Waals surface area contributed by atoms with Gasteiger partial charge in [-0.1, -0.05) is 13.8 Å². The highest BCUT2D eigenvalue weighted by molar-refractivity contribution is 5.95. The number of rotatable bonds is 4. The van der Waals surface area contributed by atoms with Crippen LogP contribution in [-0.4, -0.2) is 37.2 Å². The molecule has 0 spiro atoms. The van der Waals surface area contributed by atoms with Crippen molar-refractivity contribution in [1.82, 2.24) is 10.3 Å². The van der Waals surface area contributed by atoms with Crippen LogP contribution in [-0.2, 0) is 4.74 Å². The number of hydrogen-bond donors (Lipinski definition) is 2. The van der Waals surface area contributed by atoms with E-state index in [4.69, 9.17) is 4.74 Å². The lowest BCUT2D eigenvalue weighted by Gasteiger charge is -2.13. The van der Waals surface area contributed by atoms with Gasteiger partial charge in [0.05, 0.1) is 12.6 Å². The Morgan fingerprint density at radius 1 is 1.47 bits per heavy atom. The van der Waals surface area contributed by atoms with E-state index < -0.39 is 0 Å². The maximum Gasteiger partial charge on any atom is 0.251 e. The maximum atomic E-state index is 12.2. The minimum absolute atomic E-state index is 0.0590. The average Bonchev–Trinajstić information content (AvgIpc) is 2.90. The van der Waals surface area contributed by atoms with Crippen molar-refractivity contribution in [3.63, 3.8) is 0 Å². The van der Waals surface area contributed by atoms with Gasteiger partial charge in [0, 0.05) is 24.9 Å². The van der Waals surface area contributed by atoms with Gasteiger partial charge in [0.1, 0.15) is 5.82 Å². The molecule has 1 amide bonds. The number of ether oxygens (including phenoxy) is 1. The normalized spacial score (nSPS) is 18.6. The third-order valence-corrected chi connectivity index (χ3v) is 3.22. The molecule has 0 radical (unpaired) electrons. The largest absolute Gasteiger partial charge is 0.379 e. The molecule has 5 nitrogen and oxygen atoms in total. The van der Waals surface area contributed by atoms with Crippen LogP contribution in [0.15, 0.2) is 12.1 Å². The lowest BCUT2D eigenvalue weighted by Crippen LogP contribution is -2.35. The maximum absolute atomic E-state index is 12.2. The first-order chi connectivity index (χ1) is 9.10. The van der Waals surface area contributed by atoms with Crippen LogP contribution in [0.25, 0.3) is 0 Å². The van der Waals surface area contributed by atoms with Gasteiger partial charge in [0.2, 0.25) is 0 Å². The first-order valence-corrected chi connectivity index (χ1v) is 6.68. The lowest BCUT2D eigenvalue weighted by molar-refractivity contribution is 0.0929. The van der Waals surface area contributed by atoms with E-state index in [0.29, 0.717) is 12.2 Å². The van der Waals surface area contributed by atoms with Gasteiger partial charge in [-0.3, -0.25) is 4.79 Å². The molecule has 1 aliphatic heterocycles. The molecule has 5 heteroatoms. The Morgan fingerprint density at radius 3 is 2.84 bits per heavy atom. The molecule has 2 N–H and O–H groups in total. The van der Waals surface area contributed by atoms with Gasteiger partial charge in [-0.05, 0) is 24.5 Å². The van der Waals surface area contributed by atoms with Crippen LogP contribution in [0.2, 0.25) is 0 Å². The summed E-state index contributed by atoms with van der Waals surface area (Å²) in [7, 11) is 1.80. The van der Waals surface area contributed by atoms with E-state index in [-0.39, 0.29) is 17.9 Å². The van der Waals surface area contributed by atoms with Crippen LogP contribution in [0.5, 0.6) is 0 Å². The van der Waals surface area contributed by atoms with Crippen molar-refractivity contribution >= 4 is 11.7 Å². The fraction of sp³-hybridized carbons (Fsp3) is 0.571. The molecule has 0 aliphatic carbocycles. The molecule has 104 valence electrons. The predicted molar refractivity (Wildman–Crippen MR) is 74.6 cm³/mol. The molecule has 1 atom stereocenters. The zero-order chi connectivity index (χ0) is 13.8. The summed E-state index contributed by atoms with van der Waals surface area (Å²) in [4.78, 5) is 16.7. The van der Waals surface area contributed by atoms with Crippen LogP contribution in [0, 0.1) is 0 Å². The van der Waals surface area contributed by atoms with Gasteiger partial charge < -0.3 is 15.4 Å². The minimum Gasteiger partial charge on any atom is -0.379 e. The molecule has 1 fully saturated rings. The first kappa shape index (κ1) is 13.8. The Labute approximate surface area is 113 Å². The zero-order valence-corrected chi connectivity index (χ0v) is 11.7. The van der Waals surface area contributed by atoms with Crippen molar-refractivity contribution in [3.8, 4) is 0 Å². The highest BCUT2D eigenvalue weighted by Crippen LogP contribution is 2.17. The van der Waals surface area contributed by atoms with Crippen molar-refractivity contribution in [1.29, 1.82) is 0 Å². The van der Waals surface area contributed by atoms with E-state index in [2.05, 4.69) is 29.5 Å². The molecule has 2 heterocycles. The number of amides is 1. The molecule has 1 saturated heterocycles. The fourth-order valence-electron chi connectivity index (χ4n) is 2.02. The summed E-state index contributed by atoms with van der Waals surface area (Å²) in [5.41, 5.74) is 1.56. The molecule has 1 aromatic rings. The quantitative estimate of drug-likeness (QED) is 0.869. The molecule has 2 rings (SSSR count). The topological polar surface area (TPSA) is 63.2 Å². The standard InChI is InChI=1S/C14H21N3O2/c1-9(2)12-6-10(7-13(15-3)17-12)14(18)16-11-4-5-19-8-11/h6-7,9,11H,4-5,8H2,1-3H3,(H,15,17)(H,16,18). The second kappa shape index (κ2) is 6.02. The fourth-order valence-corrected chi connectivity index (χ4v) is 2.02. The number of nitrogens with zero attached hydrogens (tertiary/aromatic N) is 1. The van der Waals surface area contributed by atoms with E-state index in [1.807, 2.05) is 6.07 Å². The molecular weight excluding hydrogens is 242 g/mol. The highest BCUT2D eigenvalue weighted by atomic mass is 16.5. The second-order valence-electron chi connectivity index (χ2n) is 5.10. The number of carbonyl (C=O) groups is 1. The van der Waals surface area contributed by atoms with E-state index in [0.717, 1.165) is 24.5 Å². The van der Waals surface area contributed by atoms with E-state index >= 15 is 0 Å². The van der Waals surface area contributed by atoms with Crippen molar-refractivity contribution < 1.29 is 9.53 Å². The minimum atomic E-state index is -0.0590. The lowest BCUT2D eigenvalue weighted by atomic mass is 10.1. The average molecular weight is 263 g/mol. The Bertz CT molecular complexity index is 454. The van der Waals surface area contributed by atoms with E-state index in [9.17, 15) is 4.79 Å². The smallest absolute Gasteiger partial charge is 0.251 e. The Hall–Kier alpha value is -1.62. The molecule has 0 aromatic carbocycles. The summed E-state index contributed by atoms with van der Waals surface area (Å²) in [5.74, 6) is 0.949. The number of anilines is 1. The van der Waals surface area contributed by atoms with Crippen LogP contribution >= 0.6 is 0 Å². The number of carbonyl (C=O) groups excluding carboxylic acids is 1. The summed E-state index contributed by atoms with van der Waals surface area (Å²) < 4.78 is 5.26. The molecule has 1 unspecified atom stereocenters. The van der Waals surface area contributed by atoms with Gasteiger partial charge >= 0.3 is 0 Å². The van der Waals surface area contributed by atoms with Gasteiger partial charge in [0.15, 0.2) is 0 Å². The predicted octanol–water partition coefficient (Wildman–Crippen LogP) is 1.77. The molecule has 1 aromatic heterocycles. The van der Waals surface area contributed by atoms with Crippen molar-refractivity contribution in [2.24, 2.45) is 0 Å². The molecular formula is C14H21N3O2. The second-order valence-corrected chi connectivity index (χ2v) is 5.10. The summed E-state index contributed by atoms with van der Waals surface area (Å²) in [6.07, 6.45) is 0.882. The Kier molecular flexibility index (Phi) is 4.37. The summed E-state index contributed by atoms with van der Waals surface area (Å²) >= 11 is 0. The summed E-state index contributed by atoms with van der Waals surface area (Å²) in [5, 5.41) is 5.99. The summed E-state index contributed by atoms with van der Waals surface area (Å²) in [6, 6.07) is 3.76. The number of aromatic nitrogens is 1. The molecule has 19 heavy (non-hydrogen) atoms. The van der Waals surface area contributed by atoms with Crippen molar-refractivity contribution in [2.75, 3.05) is 25.6 Å². The third kappa shape index (κ3) is 3.44. The van der Waals surface area contributed by atoms with E-state index in [1.165, 1.54) is 0 Å². The van der Waals surface area contributed by atoms with Crippen molar-refractivity contribution in [2.45, 2.75) is 32.2 Å². The monoisotopic (exact) mass is 263 g/mol. The van der Waals surface area contributed by atoms with Crippen LogP contribution < -0.4 is 10.6 Å². The van der Waals surface area contributed by atoms with Crippen LogP contribution in [0.1, 0.15) is 42.2 Å². The van der Waals surface area contributed by atoms with Gasteiger partial charge in [-0.15, -0.1) is 0 Å². The van der Waals surface area contributed by atoms with Gasteiger partial charge in [-0.2, -0.15) is 0 Å². The number of pyridine rings is 1. The molecule has 0 bridgehead atoms. The summed E-state index contributed by atoms with van der Waals surface area (Å²) in [6.45, 7) is 5.45. The zero-order valence-electron chi connectivity index (χ0n) is 11.7. The van der Waals surface area contributed by atoms with Crippen LogP contribution in [0.4, 0.5) is 5.82 Å². The highest BCUT2D eigenvalue weighted by Gasteiger charge is 2.19.